The molecule has 0 aromatic heterocycles. The van der Waals surface area contributed by atoms with E-state index in [1.807, 2.05) is 18.7 Å². The molecule has 2 rings (SSSR count). The van der Waals surface area contributed by atoms with Crippen LogP contribution in [0.1, 0.15) is 19.4 Å². The van der Waals surface area contributed by atoms with E-state index in [0.717, 1.165) is 6.07 Å². The number of benzene rings is 1. The van der Waals surface area contributed by atoms with Crippen molar-refractivity contribution in [2.75, 3.05) is 31.1 Å². The number of halogens is 4. The molecule has 22 heavy (non-hydrogen) atoms. The summed E-state index contributed by atoms with van der Waals surface area (Å²) in [7, 11) is 0. The van der Waals surface area contributed by atoms with Crippen LogP contribution < -0.4 is 4.90 Å². The molecule has 1 aliphatic heterocycles. The number of rotatable bonds is 2. The van der Waals surface area contributed by atoms with Gasteiger partial charge in [-0.3, -0.25) is 4.79 Å². The minimum Gasteiger partial charge on any atom is -0.368 e. The summed E-state index contributed by atoms with van der Waals surface area (Å²) in [6.45, 7) is 5.73. The summed E-state index contributed by atoms with van der Waals surface area (Å²) in [6, 6.07) is 3.92. The van der Waals surface area contributed by atoms with Crippen LogP contribution in [0.4, 0.5) is 18.9 Å². The van der Waals surface area contributed by atoms with Crippen molar-refractivity contribution < 1.29 is 18.0 Å². The first-order valence-corrected chi connectivity index (χ1v) is 7.48. The quantitative estimate of drug-likeness (QED) is 0.824. The molecule has 0 aliphatic carbocycles. The number of carbonyl (C=O) groups excluding carboxylic acids is 1. The van der Waals surface area contributed by atoms with Crippen LogP contribution in [-0.4, -0.2) is 37.0 Å². The number of carbonyl (C=O) groups is 1. The fourth-order valence-corrected chi connectivity index (χ4v) is 2.70. The Kier molecular flexibility index (Phi) is 4.90. The third-order valence-corrected chi connectivity index (χ3v) is 4.04. The second-order valence-corrected chi connectivity index (χ2v) is 6.04. The zero-order valence-electron chi connectivity index (χ0n) is 12.5. The number of alkyl halides is 3. The Labute approximate surface area is 132 Å². The molecule has 0 unspecified atom stereocenters. The Hall–Kier alpha value is -1.43. The Morgan fingerprint density at radius 1 is 1.18 bits per heavy atom. The van der Waals surface area contributed by atoms with Crippen molar-refractivity contribution in [1.82, 2.24) is 4.90 Å². The monoisotopic (exact) mass is 334 g/mol. The van der Waals surface area contributed by atoms with Crippen LogP contribution in [-0.2, 0) is 11.0 Å². The van der Waals surface area contributed by atoms with Crippen molar-refractivity contribution in [3.63, 3.8) is 0 Å². The molecule has 1 heterocycles. The minimum absolute atomic E-state index is 0.0705. The topological polar surface area (TPSA) is 23.6 Å². The van der Waals surface area contributed by atoms with Crippen molar-refractivity contribution in [2.24, 2.45) is 5.92 Å². The predicted molar refractivity (Wildman–Crippen MR) is 80.1 cm³/mol. The lowest BCUT2D eigenvalue weighted by atomic mass is 10.1. The molecule has 0 radical (unpaired) electrons. The van der Waals surface area contributed by atoms with E-state index in [9.17, 15) is 18.0 Å². The van der Waals surface area contributed by atoms with Crippen molar-refractivity contribution in [1.29, 1.82) is 0 Å². The largest absolute Gasteiger partial charge is 0.417 e. The molecule has 0 spiro atoms. The standard InChI is InChI=1S/C15H18ClF3N2O/c1-10(2)14(22)21-7-5-20(6-8-21)11-3-4-13(16)12(9-11)15(17,18)19/h3-4,9-10H,5-8H2,1-2H3. The number of anilines is 1. The number of amides is 1. The summed E-state index contributed by atoms with van der Waals surface area (Å²) in [5.74, 6) is 0.00523. The lowest BCUT2D eigenvalue weighted by molar-refractivity contribution is -0.137. The third kappa shape index (κ3) is 3.66. The smallest absolute Gasteiger partial charge is 0.368 e. The Morgan fingerprint density at radius 2 is 1.77 bits per heavy atom. The third-order valence-electron chi connectivity index (χ3n) is 3.71. The average molecular weight is 335 g/mol. The van der Waals surface area contributed by atoms with Gasteiger partial charge in [0.25, 0.3) is 0 Å². The maximum absolute atomic E-state index is 12.9. The zero-order valence-corrected chi connectivity index (χ0v) is 13.2. The highest BCUT2D eigenvalue weighted by molar-refractivity contribution is 6.31. The molecular formula is C15H18ClF3N2O. The van der Waals surface area contributed by atoms with E-state index < -0.39 is 11.7 Å². The lowest BCUT2D eigenvalue weighted by Gasteiger charge is -2.37. The summed E-state index contributed by atoms with van der Waals surface area (Å²) in [5, 5.41) is -0.301. The van der Waals surface area contributed by atoms with E-state index in [0.29, 0.717) is 31.9 Å². The Morgan fingerprint density at radius 3 is 2.27 bits per heavy atom. The van der Waals surface area contributed by atoms with Crippen LogP contribution in [0.15, 0.2) is 18.2 Å². The predicted octanol–water partition coefficient (Wildman–Crippen LogP) is 3.66. The van der Waals surface area contributed by atoms with Gasteiger partial charge in [0.2, 0.25) is 5.91 Å². The zero-order chi connectivity index (χ0) is 16.5. The number of nitrogens with zero attached hydrogens (tertiary/aromatic N) is 2. The van der Waals surface area contributed by atoms with Crippen LogP contribution in [0.5, 0.6) is 0 Å². The van der Waals surface area contributed by atoms with Gasteiger partial charge in [-0.15, -0.1) is 0 Å². The van der Waals surface area contributed by atoms with Gasteiger partial charge in [-0.25, -0.2) is 0 Å². The van der Waals surface area contributed by atoms with Gasteiger partial charge >= 0.3 is 6.18 Å². The molecule has 0 saturated carbocycles. The van der Waals surface area contributed by atoms with Crippen LogP contribution in [0.3, 0.4) is 0 Å². The van der Waals surface area contributed by atoms with Gasteiger partial charge in [0.15, 0.2) is 0 Å². The molecule has 1 aromatic rings. The van der Waals surface area contributed by atoms with E-state index in [2.05, 4.69) is 0 Å². The second kappa shape index (κ2) is 6.36. The first kappa shape index (κ1) is 16.9. The average Bonchev–Trinajstić information content (AvgIpc) is 2.46. The highest BCUT2D eigenvalue weighted by atomic mass is 35.5. The van der Waals surface area contributed by atoms with Gasteiger partial charge in [-0.05, 0) is 18.2 Å². The van der Waals surface area contributed by atoms with Gasteiger partial charge in [-0.2, -0.15) is 13.2 Å². The van der Waals surface area contributed by atoms with E-state index in [1.165, 1.54) is 6.07 Å². The van der Waals surface area contributed by atoms with Crippen molar-refractivity contribution in [3.8, 4) is 0 Å². The summed E-state index contributed by atoms with van der Waals surface area (Å²) in [6.07, 6.45) is -4.47. The molecule has 1 saturated heterocycles. The lowest BCUT2D eigenvalue weighted by Crippen LogP contribution is -2.50. The van der Waals surface area contributed by atoms with Crippen LogP contribution in [0.2, 0.25) is 5.02 Å². The summed E-state index contributed by atoms with van der Waals surface area (Å²) < 4.78 is 38.7. The molecule has 0 atom stereocenters. The van der Waals surface area contributed by atoms with E-state index in [4.69, 9.17) is 11.6 Å². The molecule has 7 heteroatoms. The second-order valence-electron chi connectivity index (χ2n) is 5.63. The summed E-state index contributed by atoms with van der Waals surface area (Å²) in [4.78, 5) is 15.5. The highest BCUT2D eigenvalue weighted by Crippen LogP contribution is 2.37. The van der Waals surface area contributed by atoms with Crippen LogP contribution in [0.25, 0.3) is 0 Å². The first-order valence-electron chi connectivity index (χ1n) is 7.10. The van der Waals surface area contributed by atoms with Crippen LogP contribution in [0, 0.1) is 5.92 Å². The molecule has 1 fully saturated rings. The first-order chi connectivity index (χ1) is 10.2. The number of hydrogen-bond acceptors (Lipinski definition) is 2. The minimum atomic E-state index is -4.47. The number of piperazine rings is 1. The van der Waals surface area contributed by atoms with Gasteiger partial charge in [0.05, 0.1) is 10.6 Å². The molecule has 3 nitrogen and oxygen atoms in total. The summed E-state index contributed by atoms with van der Waals surface area (Å²) >= 11 is 5.63. The molecule has 122 valence electrons. The molecule has 0 N–H and O–H groups in total. The van der Waals surface area contributed by atoms with Crippen molar-refractivity contribution in [3.05, 3.63) is 28.8 Å². The van der Waals surface area contributed by atoms with Crippen molar-refractivity contribution in [2.45, 2.75) is 20.0 Å². The fraction of sp³-hybridized carbons (Fsp3) is 0.533. The fourth-order valence-electron chi connectivity index (χ4n) is 2.48. The molecule has 1 amide bonds. The van der Waals surface area contributed by atoms with E-state index in [1.54, 1.807) is 11.0 Å². The van der Waals surface area contributed by atoms with Gasteiger partial charge < -0.3 is 9.80 Å². The van der Waals surface area contributed by atoms with Gasteiger partial charge in [-0.1, -0.05) is 25.4 Å². The van der Waals surface area contributed by atoms with E-state index in [-0.39, 0.29) is 16.8 Å². The SMILES string of the molecule is CC(C)C(=O)N1CCN(c2ccc(Cl)c(C(F)(F)F)c2)CC1. The van der Waals surface area contributed by atoms with Gasteiger partial charge in [0, 0.05) is 37.8 Å². The Balaban J connectivity index is 2.10. The van der Waals surface area contributed by atoms with E-state index >= 15 is 0 Å². The molecular weight excluding hydrogens is 317 g/mol. The maximum Gasteiger partial charge on any atom is 0.417 e. The normalized spacial score (nSPS) is 16.3. The highest BCUT2D eigenvalue weighted by Gasteiger charge is 2.34. The Bertz CT molecular complexity index is 552. The maximum atomic E-state index is 12.9. The molecule has 1 aliphatic rings. The number of hydrogen-bond donors (Lipinski definition) is 0. The molecule has 0 bridgehead atoms. The van der Waals surface area contributed by atoms with Crippen molar-refractivity contribution >= 4 is 23.2 Å². The summed E-state index contributed by atoms with van der Waals surface area (Å²) in [5.41, 5.74) is -0.347. The molecule has 1 aromatic carbocycles. The van der Waals surface area contributed by atoms with Crippen LogP contribution >= 0.6 is 11.6 Å². The van der Waals surface area contributed by atoms with Gasteiger partial charge in [0.1, 0.15) is 0 Å².